The van der Waals surface area contributed by atoms with Gasteiger partial charge in [0, 0.05) is 24.5 Å². The zero-order valence-electron chi connectivity index (χ0n) is 19.8. The predicted molar refractivity (Wildman–Crippen MR) is 131 cm³/mol. The average Bonchev–Trinajstić information content (AvgIpc) is 2.83. The number of nitrogens with one attached hydrogen (secondary N) is 2. The van der Waals surface area contributed by atoms with E-state index in [1.807, 2.05) is 38.1 Å². The lowest BCUT2D eigenvalue weighted by Crippen LogP contribution is -2.46. The van der Waals surface area contributed by atoms with Gasteiger partial charge < -0.3 is 15.7 Å². The minimum Gasteiger partial charge on any atom is -0.391 e. The van der Waals surface area contributed by atoms with Crippen LogP contribution in [0.15, 0.2) is 60.8 Å². The second-order valence-electron chi connectivity index (χ2n) is 9.07. The molecular weight excluding hydrogens is 433 g/mol. The molecule has 0 bridgehead atoms. The van der Waals surface area contributed by atoms with Gasteiger partial charge in [-0.15, -0.1) is 0 Å². The third-order valence-corrected chi connectivity index (χ3v) is 5.90. The van der Waals surface area contributed by atoms with Gasteiger partial charge in [0.05, 0.1) is 23.2 Å². The van der Waals surface area contributed by atoms with Crippen molar-refractivity contribution in [2.75, 3.05) is 7.05 Å². The normalized spacial score (nSPS) is 13.9. The van der Waals surface area contributed by atoms with E-state index in [9.17, 15) is 19.1 Å². The maximum atomic E-state index is 13.4. The lowest BCUT2D eigenvalue weighted by molar-refractivity contribution is -0.126. The molecule has 6 nitrogen and oxygen atoms in total. The lowest BCUT2D eigenvalue weighted by Gasteiger charge is -2.28. The van der Waals surface area contributed by atoms with E-state index < -0.39 is 18.1 Å². The van der Waals surface area contributed by atoms with E-state index in [1.165, 1.54) is 18.3 Å². The first-order valence-corrected chi connectivity index (χ1v) is 11.6. The van der Waals surface area contributed by atoms with Crippen molar-refractivity contribution in [2.24, 2.45) is 11.8 Å². The van der Waals surface area contributed by atoms with Gasteiger partial charge in [0.25, 0.3) is 5.91 Å². The Kier molecular flexibility index (Phi) is 8.71. The number of halogens is 1. The van der Waals surface area contributed by atoms with Crippen molar-refractivity contribution in [3.63, 3.8) is 0 Å². The molecule has 0 unspecified atom stereocenters. The first kappa shape index (κ1) is 25.3. The fourth-order valence-electron chi connectivity index (χ4n) is 4.14. The third kappa shape index (κ3) is 6.84. The number of benzene rings is 2. The second kappa shape index (κ2) is 11.7. The van der Waals surface area contributed by atoms with Crippen LogP contribution in [0.1, 0.15) is 42.6 Å². The molecule has 3 N–H and O–H groups in total. The molecule has 0 saturated carbocycles. The van der Waals surface area contributed by atoms with Crippen LogP contribution in [0, 0.1) is 17.7 Å². The molecule has 180 valence electrons. The minimum atomic E-state index is -0.983. The number of aliphatic hydroxyl groups excluding tert-OH is 1. The molecular formula is C27H32FN3O3. The maximum absolute atomic E-state index is 13.4. The molecule has 0 fully saturated rings. The molecule has 3 atom stereocenters. The Morgan fingerprint density at radius 2 is 1.76 bits per heavy atom. The number of para-hydroxylation sites is 1. The summed E-state index contributed by atoms with van der Waals surface area (Å²) in [4.78, 5) is 29.9. The van der Waals surface area contributed by atoms with Crippen molar-refractivity contribution >= 4 is 22.7 Å². The molecule has 3 rings (SSSR count). The highest BCUT2D eigenvalue weighted by atomic mass is 19.1. The fourth-order valence-corrected chi connectivity index (χ4v) is 4.14. The predicted octanol–water partition coefficient (Wildman–Crippen LogP) is 3.87. The molecule has 7 heteroatoms. The summed E-state index contributed by atoms with van der Waals surface area (Å²) in [5.41, 5.74) is 1.92. The number of carbonyl (C=O) groups is 2. The van der Waals surface area contributed by atoms with Gasteiger partial charge in [-0.2, -0.15) is 0 Å². The highest BCUT2D eigenvalue weighted by molar-refractivity contribution is 5.97. The summed E-state index contributed by atoms with van der Waals surface area (Å²) in [5.74, 6) is -0.995. The van der Waals surface area contributed by atoms with Crippen molar-refractivity contribution in [1.82, 2.24) is 15.6 Å². The number of nitrogens with zero attached hydrogens (tertiary/aromatic N) is 1. The zero-order valence-corrected chi connectivity index (χ0v) is 19.8. The number of fused-ring (bicyclic) bond motifs is 1. The Morgan fingerprint density at radius 1 is 1.06 bits per heavy atom. The highest BCUT2D eigenvalue weighted by Crippen LogP contribution is 2.21. The molecule has 1 heterocycles. The topological polar surface area (TPSA) is 91.3 Å². The molecule has 0 aliphatic heterocycles. The molecule has 2 aromatic carbocycles. The number of hydrogen-bond acceptors (Lipinski definition) is 4. The molecule has 0 spiro atoms. The fraction of sp³-hybridized carbons (Fsp3) is 0.370. The van der Waals surface area contributed by atoms with Crippen molar-refractivity contribution in [2.45, 2.75) is 45.3 Å². The van der Waals surface area contributed by atoms with Crippen molar-refractivity contribution in [3.8, 4) is 0 Å². The number of aromatic nitrogens is 1. The van der Waals surface area contributed by atoms with E-state index in [2.05, 4.69) is 15.6 Å². The quantitative estimate of drug-likeness (QED) is 0.424. The van der Waals surface area contributed by atoms with Crippen LogP contribution in [0.5, 0.6) is 0 Å². The molecule has 0 aliphatic carbocycles. The maximum Gasteiger partial charge on any atom is 0.253 e. The Bertz CT molecular complexity index is 1120. The molecule has 0 radical (unpaired) electrons. The standard InChI is InChI=1S/C27H32FN3O3/c1-17(2)12-20(26(33)29-3)15-25(32)24(13-18-8-10-22(28)11-9-18)31-27(34)21-14-19-6-4-5-7-23(19)30-16-21/h4-11,14,16-17,20,24-25,32H,12-13,15H2,1-3H3,(H,29,33)(H,31,34)/t20-,24+,25+/m1/s1. The van der Waals surface area contributed by atoms with E-state index >= 15 is 0 Å². The van der Waals surface area contributed by atoms with Crippen LogP contribution in [0.3, 0.4) is 0 Å². The van der Waals surface area contributed by atoms with Gasteiger partial charge >= 0.3 is 0 Å². The summed E-state index contributed by atoms with van der Waals surface area (Å²) in [6.45, 7) is 4.04. The van der Waals surface area contributed by atoms with Crippen molar-refractivity contribution in [3.05, 3.63) is 77.7 Å². The molecule has 1 aromatic heterocycles. The Morgan fingerprint density at radius 3 is 2.44 bits per heavy atom. The molecule has 3 aromatic rings. The number of rotatable bonds is 10. The van der Waals surface area contributed by atoms with Crippen LogP contribution in [0.25, 0.3) is 10.9 Å². The number of amides is 2. The van der Waals surface area contributed by atoms with Crippen LogP contribution in [-0.2, 0) is 11.2 Å². The largest absolute Gasteiger partial charge is 0.391 e. The summed E-state index contributed by atoms with van der Waals surface area (Å²) >= 11 is 0. The van der Waals surface area contributed by atoms with Gasteiger partial charge in [-0.05, 0) is 55.0 Å². The van der Waals surface area contributed by atoms with Gasteiger partial charge in [-0.1, -0.05) is 44.2 Å². The van der Waals surface area contributed by atoms with Gasteiger partial charge in [0.2, 0.25) is 5.91 Å². The summed E-state index contributed by atoms with van der Waals surface area (Å²) in [7, 11) is 1.58. The van der Waals surface area contributed by atoms with E-state index in [1.54, 1.807) is 25.2 Å². The summed E-state index contributed by atoms with van der Waals surface area (Å²) < 4.78 is 13.4. The van der Waals surface area contributed by atoms with Crippen LogP contribution in [-0.4, -0.2) is 41.1 Å². The molecule has 2 amide bonds. The first-order valence-electron chi connectivity index (χ1n) is 11.6. The summed E-state index contributed by atoms with van der Waals surface area (Å²) in [6, 6.07) is 14.5. The van der Waals surface area contributed by atoms with Gasteiger partial charge in [0.1, 0.15) is 5.82 Å². The Labute approximate surface area is 199 Å². The number of aliphatic hydroxyl groups is 1. The van der Waals surface area contributed by atoms with Crippen LogP contribution in [0.4, 0.5) is 4.39 Å². The second-order valence-corrected chi connectivity index (χ2v) is 9.07. The zero-order chi connectivity index (χ0) is 24.7. The van der Waals surface area contributed by atoms with Crippen molar-refractivity contribution < 1.29 is 19.1 Å². The van der Waals surface area contributed by atoms with E-state index in [0.717, 1.165) is 16.5 Å². The molecule has 0 aliphatic rings. The van der Waals surface area contributed by atoms with Gasteiger partial charge in [-0.3, -0.25) is 14.6 Å². The number of hydrogen-bond donors (Lipinski definition) is 3. The lowest BCUT2D eigenvalue weighted by atomic mass is 9.87. The van der Waals surface area contributed by atoms with Crippen molar-refractivity contribution in [1.29, 1.82) is 0 Å². The van der Waals surface area contributed by atoms with Crippen LogP contribution >= 0.6 is 0 Å². The monoisotopic (exact) mass is 465 g/mol. The van der Waals surface area contributed by atoms with E-state index in [0.29, 0.717) is 12.0 Å². The van der Waals surface area contributed by atoms with Gasteiger partial charge in [0.15, 0.2) is 0 Å². The average molecular weight is 466 g/mol. The van der Waals surface area contributed by atoms with E-state index in [4.69, 9.17) is 0 Å². The van der Waals surface area contributed by atoms with E-state index in [-0.39, 0.29) is 36.4 Å². The molecule has 34 heavy (non-hydrogen) atoms. The summed E-state index contributed by atoms with van der Waals surface area (Å²) in [5, 5.41) is 17.6. The highest BCUT2D eigenvalue weighted by Gasteiger charge is 2.29. The Balaban J connectivity index is 1.83. The first-order chi connectivity index (χ1) is 16.3. The minimum absolute atomic E-state index is 0.140. The number of carbonyl (C=O) groups excluding carboxylic acids is 2. The SMILES string of the molecule is CNC(=O)[C@H](CC(C)C)C[C@H](O)[C@H](Cc1ccc(F)cc1)NC(=O)c1cnc2ccccc2c1. The van der Waals surface area contributed by atoms with Crippen LogP contribution < -0.4 is 10.6 Å². The van der Waals surface area contributed by atoms with Gasteiger partial charge in [-0.25, -0.2) is 4.39 Å². The smallest absolute Gasteiger partial charge is 0.253 e. The Hall–Kier alpha value is -3.32. The molecule has 0 saturated heterocycles. The van der Waals surface area contributed by atoms with Crippen LogP contribution in [0.2, 0.25) is 0 Å². The third-order valence-electron chi connectivity index (χ3n) is 5.90. The summed E-state index contributed by atoms with van der Waals surface area (Å²) in [6.07, 6.45) is 1.62. The number of pyridine rings is 1.